The van der Waals surface area contributed by atoms with E-state index >= 15 is 0 Å². The predicted molar refractivity (Wildman–Crippen MR) is 136 cm³/mol. The topological polar surface area (TPSA) is 67.6 Å². The van der Waals surface area contributed by atoms with Crippen molar-refractivity contribution in [2.75, 3.05) is 31.1 Å². The van der Waals surface area contributed by atoms with Crippen LogP contribution in [0.4, 0.5) is 10.1 Å². The predicted octanol–water partition coefficient (Wildman–Crippen LogP) is 3.32. The molecular formula is C26H25FN4O3S. The lowest BCUT2D eigenvalue weighted by Crippen LogP contribution is -2.50. The molecule has 2 aromatic heterocycles. The number of hydrogen-bond donors (Lipinski definition) is 0. The lowest BCUT2D eigenvalue weighted by Gasteiger charge is -2.36. The number of piperazine rings is 1. The van der Waals surface area contributed by atoms with Gasteiger partial charge in [-0.3, -0.25) is 14.2 Å². The number of halogens is 1. The Kier molecular flexibility index (Phi) is 6.02. The average molecular weight is 493 g/mol. The minimum atomic E-state index is -0.520. The maximum Gasteiger partial charge on any atom is 0.336 e. The van der Waals surface area contributed by atoms with Crippen molar-refractivity contribution in [2.45, 2.75) is 20.4 Å². The zero-order chi connectivity index (χ0) is 24.7. The summed E-state index contributed by atoms with van der Waals surface area (Å²) in [5.74, 6) is -0.459. The van der Waals surface area contributed by atoms with Gasteiger partial charge in [0.15, 0.2) is 0 Å². The first-order valence-electron chi connectivity index (χ1n) is 11.4. The third kappa shape index (κ3) is 4.27. The van der Waals surface area contributed by atoms with Crippen LogP contribution in [0.2, 0.25) is 0 Å². The number of thiophene rings is 1. The molecule has 0 spiro atoms. The molecule has 1 saturated heterocycles. The second kappa shape index (κ2) is 9.14. The number of rotatable bonds is 4. The second-order valence-electron chi connectivity index (χ2n) is 8.78. The number of carbonyl (C=O) groups excluding carboxylic acids is 1. The van der Waals surface area contributed by atoms with Crippen molar-refractivity contribution in [3.8, 4) is 5.69 Å². The molecule has 1 fully saturated rings. The van der Waals surface area contributed by atoms with E-state index in [1.807, 2.05) is 32.0 Å². The molecule has 7 nitrogen and oxygen atoms in total. The first-order chi connectivity index (χ1) is 16.8. The molecule has 35 heavy (non-hydrogen) atoms. The van der Waals surface area contributed by atoms with Gasteiger partial charge in [-0.25, -0.2) is 13.8 Å². The molecule has 0 saturated carbocycles. The summed E-state index contributed by atoms with van der Waals surface area (Å²) in [7, 11) is 0. The zero-order valence-electron chi connectivity index (χ0n) is 19.5. The molecule has 0 atom stereocenters. The highest BCUT2D eigenvalue weighted by Gasteiger charge is 2.24. The molecule has 180 valence electrons. The smallest absolute Gasteiger partial charge is 0.336 e. The summed E-state index contributed by atoms with van der Waals surface area (Å²) < 4.78 is 16.3. The number of nitrogens with zero attached hydrogens (tertiary/aromatic N) is 4. The average Bonchev–Trinajstić information content (AvgIpc) is 3.35. The highest BCUT2D eigenvalue weighted by atomic mass is 32.1. The van der Waals surface area contributed by atoms with Gasteiger partial charge in [0, 0.05) is 31.9 Å². The van der Waals surface area contributed by atoms with Crippen LogP contribution in [-0.4, -0.2) is 46.1 Å². The Morgan fingerprint density at radius 3 is 2.40 bits per heavy atom. The van der Waals surface area contributed by atoms with Gasteiger partial charge in [-0.15, -0.1) is 11.3 Å². The van der Waals surface area contributed by atoms with E-state index in [-0.39, 0.29) is 23.8 Å². The van der Waals surface area contributed by atoms with E-state index < -0.39 is 5.69 Å². The molecule has 2 aromatic carbocycles. The number of anilines is 1. The van der Waals surface area contributed by atoms with Gasteiger partial charge in [-0.2, -0.15) is 0 Å². The number of benzene rings is 2. The molecule has 1 aliphatic rings. The summed E-state index contributed by atoms with van der Waals surface area (Å²) in [6.07, 6.45) is 0. The molecule has 0 bridgehead atoms. The Morgan fingerprint density at radius 2 is 1.69 bits per heavy atom. The number of amides is 1. The monoisotopic (exact) mass is 492 g/mol. The molecule has 1 aliphatic heterocycles. The van der Waals surface area contributed by atoms with Crippen molar-refractivity contribution in [1.29, 1.82) is 0 Å². The van der Waals surface area contributed by atoms with E-state index in [0.717, 1.165) is 16.8 Å². The van der Waals surface area contributed by atoms with Crippen LogP contribution in [0.5, 0.6) is 0 Å². The van der Waals surface area contributed by atoms with E-state index in [1.165, 1.54) is 32.6 Å². The van der Waals surface area contributed by atoms with Crippen LogP contribution in [0.3, 0.4) is 0 Å². The summed E-state index contributed by atoms with van der Waals surface area (Å²) in [5, 5.41) is 1.77. The number of aryl methyl sites for hydroxylation is 2. The fourth-order valence-corrected chi connectivity index (χ4v) is 5.34. The normalized spacial score (nSPS) is 14.0. The Morgan fingerprint density at radius 1 is 0.971 bits per heavy atom. The number of carbonyl (C=O) groups is 1. The van der Waals surface area contributed by atoms with Crippen molar-refractivity contribution in [1.82, 2.24) is 14.0 Å². The van der Waals surface area contributed by atoms with Crippen LogP contribution < -0.4 is 16.1 Å². The van der Waals surface area contributed by atoms with Gasteiger partial charge in [-0.05, 0) is 66.8 Å². The molecule has 9 heteroatoms. The van der Waals surface area contributed by atoms with Gasteiger partial charge in [0.05, 0.1) is 11.2 Å². The summed E-state index contributed by atoms with van der Waals surface area (Å²) in [6, 6.07) is 13.7. The van der Waals surface area contributed by atoms with Gasteiger partial charge >= 0.3 is 5.69 Å². The van der Waals surface area contributed by atoms with Gasteiger partial charge in [0.25, 0.3) is 5.56 Å². The third-order valence-electron chi connectivity index (χ3n) is 6.48. The van der Waals surface area contributed by atoms with Crippen molar-refractivity contribution in [3.63, 3.8) is 0 Å². The molecule has 0 radical (unpaired) electrons. The lowest BCUT2D eigenvalue weighted by molar-refractivity contribution is -0.132. The molecule has 5 rings (SSSR count). The number of fused-ring (bicyclic) bond motifs is 1. The number of hydrogen-bond acceptors (Lipinski definition) is 5. The molecule has 1 amide bonds. The molecule has 0 unspecified atom stereocenters. The van der Waals surface area contributed by atoms with Crippen molar-refractivity contribution < 1.29 is 9.18 Å². The van der Waals surface area contributed by atoms with Crippen LogP contribution in [0, 0.1) is 19.7 Å². The second-order valence-corrected chi connectivity index (χ2v) is 9.69. The quantitative estimate of drug-likeness (QED) is 0.438. The molecule has 0 N–H and O–H groups in total. The molecule has 0 aliphatic carbocycles. The van der Waals surface area contributed by atoms with Gasteiger partial charge < -0.3 is 9.80 Å². The summed E-state index contributed by atoms with van der Waals surface area (Å²) >= 11 is 1.27. The van der Waals surface area contributed by atoms with Crippen LogP contribution in [0.25, 0.3) is 15.9 Å². The highest BCUT2D eigenvalue weighted by Crippen LogP contribution is 2.20. The summed E-state index contributed by atoms with van der Waals surface area (Å²) in [5.41, 5.74) is 2.77. The Labute approximate surface area is 205 Å². The van der Waals surface area contributed by atoms with Crippen molar-refractivity contribution in [2.24, 2.45) is 0 Å². The number of aromatic nitrogens is 2. The van der Waals surface area contributed by atoms with Gasteiger partial charge in [-0.1, -0.05) is 12.1 Å². The maximum absolute atomic E-state index is 13.6. The minimum Gasteiger partial charge on any atom is -0.368 e. The highest BCUT2D eigenvalue weighted by molar-refractivity contribution is 7.17. The van der Waals surface area contributed by atoms with Gasteiger partial charge in [0.1, 0.15) is 17.1 Å². The van der Waals surface area contributed by atoms with Crippen LogP contribution >= 0.6 is 11.3 Å². The van der Waals surface area contributed by atoms with Crippen molar-refractivity contribution >= 4 is 33.1 Å². The lowest BCUT2D eigenvalue weighted by atomic mass is 10.1. The minimum absolute atomic E-state index is 0.145. The molecule has 3 heterocycles. The van der Waals surface area contributed by atoms with Crippen LogP contribution in [-0.2, 0) is 11.3 Å². The fourth-order valence-electron chi connectivity index (χ4n) is 4.51. The van der Waals surface area contributed by atoms with E-state index in [0.29, 0.717) is 42.1 Å². The first kappa shape index (κ1) is 23.0. The van der Waals surface area contributed by atoms with Gasteiger partial charge in [0.2, 0.25) is 5.91 Å². The van der Waals surface area contributed by atoms with E-state index in [1.54, 1.807) is 28.5 Å². The molecule has 4 aromatic rings. The van der Waals surface area contributed by atoms with E-state index in [9.17, 15) is 18.8 Å². The Bertz CT molecular complexity index is 1530. The summed E-state index contributed by atoms with van der Waals surface area (Å²) in [6.45, 7) is 5.83. The maximum atomic E-state index is 13.6. The SMILES string of the molecule is Cc1ccc(C)c(-n2c(=O)c3sccc3n(CC(=O)N3CCN(c4ccc(F)cc4)CC3)c2=O)c1. The van der Waals surface area contributed by atoms with Crippen LogP contribution in [0.1, 0.15) is 11.1 Å². The van der Waals surface area contributed by atoms with E-state index in [4.69, 9.17) is 0 Å². The van der Waals surface area contributed by atoms with Crippen LogP contribution in [0.15, 0.2) is 63.5 Å². The van der Waals surface area contributed by atoms with Crippen molar-refractivity contribution in [3.05, 3.63) is 91.7 Å². The van der Waals surface area contributed by atoms with E-state index in [2.05, 4.69) is 4.90 Å². The largest absolute Gasteiger partial charge is 0.368 e. The molecular weight excluding hydrogens is 467 g/mol. The standard InChI is InChI=1S/C26H25FN4O3S/c1-17-3-4-18(2)22(15-17)31-25(33)24-21(9-14-35-24)30(26(31)34)16-23(32)29-12-10-28(11-13-29)20-7-5-19(27)6-8-20/h3-9,14-15H,10-13,16H2,1-2H3. The zero-order valence-corrected chi connectivity index (χ0v) is 20.3. The Balaban J connectivity index is 1.44. The first-order valence-corrected chi connectivity index (χ1v) is 12.3. The fraction of sp³-hybridized carbons (Fsp3) is 0.269. The third-order valence-corrected chi connectivity index (χ3v) is 7.37. The Hall–Kier alpha value is -3.72. The summed E-state index contributed by atoms with van der Waals surface area (Å²) in [4.78, 5) is 43.9.